The molecule has 1 amide bonds. The highest BCUT2D eigenvalue weighted by Crippen LogP contribution is 2.38. The second-order valence-corrected chi connectivity index (χ2v) is 8.47. The number of nitrogens with zero attached hydrogens (tertiary/aromatic N) is 1. The van der Waals surface area contributed by atoms with E-state index in [0.717, 1.165) is 6.26 Å². The molecule has 0 unspecified atom stereocenters. The molecule has 2 aliphatic rings. The molecular formula is C14H23F3N2O3S. The first-order valence-corrected chi connectivity index (χ1v) is 9.76. The predicted octanol–water partition coefficient (Wildman–Crippen LogP) is 1.90. The van der Waals surface area contributed by atoms with E-state index in [1.165, 1.54) is 4.31 Å². The minimum absolute atomic E-state index is 0.0565. The molecule has 5 nitrogen and oxygen atoms in total. The van der Waals surface area contributed by atoms with E-state index in [0.29, 0.717) is 32.1 Å². The summed E-state index contributed by atoms with van der Waals surface area (Å²) in [7, 11) is -3.28. The van der Waals surface area contributed by atoms with Gasteiger partial charge in [0, 0.05) is 25.0 Å². The summed E-state index contributed by atoms with van der Waals surface area (Å²) in [5.41, 5.74) is 0. The van der Waals surface area contributed by atoms with Crippen LogP contribution in [0.5, 0.6) is 0 Å². The molecule has 9 heteroatoms. The van der Waals surface area contributed by atoms with Crippen molar-refractivity contribution in [2.24, 2.45) is 11.8 Å². The molecule has 1 saturated carbocycles. The second kappa shape index (κ2) is 6.96. The van der Waals surface area contributed by atoms with Crippen molar-refractivity contribution in [2.45, 2.75) is 50.7 Å². The largest absolute Gasteiger partial charge is 0.393 e. The van der Waals surface area contributed by atoms with E-state index in [9.17, 15) is 26.4 Å². The highest BCUT2D eigenvalue weighted by atomic mass is 32.2. The maximum Gasteiger partial charge on any atom is 0.393 e. The van der Waals surface area contributed by atoms with E-state index >= 15 is 0 Å². The van der Waals surface area contributed by atoms with E-state index in [2.05, 4.69) is 5.32 Å². The number of sulfonamides is 1. The van der Waals surface area contributed by atoms with Crippen LogP contribution in [0.25, 0.3) is 0 Å². The van der Waals surface area contributed by atoms with Crippen molar-refractivity contribution in [1.29, 1.82) is 0 Å². The predicted molar refractivity (Wildman–Crippen MR) is 79.1 cm³/mol. The van der Waals surface area contributed by atoms with E-state index in [1.807, 2.05) is 0 Å². The normalized spacial score (nSPS) is 28.5. The molecule has 134 valence electrons. The van der Waals surface area contributed by atoms with Gasteiger partial charge in [0.05, 0.1) is 12.2 Å². The molecule has 2 atom stereocenters. The average Bonchev–Trinajstić information content (AvgIpc) is 2.46. The van der Waals surface area contributed by atoms with Gasteiger partial charge in [-0.1, -0.05) is 12.8 Å². The fourth-order valence-electron chi connectivity index (χ4n) is 3.45. The number of amides is 1. The van der Waals surface area contributed by atoms with Crippen molar-refractivity contribution in [3.05, 3.63) is 0 Å². The molecule has 0 aromatic carbocycles. The standard InChI is InChI=1S/C14H23F3N2O3S/c1-23(21,22)19-8-6-10(7-9-19)13(20)18-12-5-3-2-4-11(12)14(15,16)17/h10-12H,2-9H2,1H3,(H,18,20)/t11-,12-/m0/s1. The number of rotatable bonds is 3. The third kappa shape index (κ3) is 4.82. The van der Waals surface area contributed by atoms with Gasteiger partial charge in [-0.15, -0.1) is 0 Å². The van der Waals surface area contributed by atoms with Gasteiger partial charge in [0.2, 0.25) is 15.9 Å². The number of hydrogen-bond acceptors (Lipinski definition) is 3. The summed E-state index contributed by atoms with van der Waals surface area (Å²) >= 11 is 0. The highest BCUT2D eigenvalue weighted by molar-refractivity contribution is 7.88. The van der Waals surface area contributed by atoms with Gasteiger partial charge in [0.15, 0.2) is 0 Å². The van der Waals surface area contributed by atoms with Crippen molar-refractivity contribution >= 4 is 15.9 Å². The quantitative estimate of drug-likeness (QED) is 0.840. The topological polar surface area (TPSA) is 66.5 Å². The molecule has 1 aliphatic carbocycles. The molecule has 0 aromatic heterocycles. The zero-order chi connectivity index (χ0) is 17.3. The Balaban J connectivity index is 1.91. The number of hydrogen-bond donors (Lipinski definition) is 1. The lowest BCUT2D eigenvalue weighted by Gasteiger charge is -2.35. The van der Waals surface area contributed by atoms with Gasteiger partial charge in [-0.05, 0) is 25.7 Å². The van der Waals surface area contributed by atoms with Gasteiger partial charge in [-0.3, -0.25) is 4.79 Å². The van der Waals surface area contributed by atoms with Gasteiger partial charge in [-0.25, -0.2) is 12.7 Å². The van der Waals surface area contributed by atoms with Crippen LogP contribution in [0, 0.1) is 11.8 Å². The number of alkyl halides is 3. The summed E-state index contributed by atoms with van der Waals surface area (Å²) in [6.07, 6.45) is -0.863. The highest BCUT2D eigenvalue weighted by Gasteiger charge is 2.46. The van der Waals surface area contributed by atoms with E-state index in [4.69, 9.17) is 0 Å². The van der Waals surface area contributed by atoms with Crippen molar-refractivity contribution in [3.8, 4) is 0 Å². The van der Waals surface area contributed by atoms with Gasteiger partial charge in [-0.2, -0.15) is 13.2 Å². The number of nitrogens with one attached hydrogen (secondary N) is 1. The van der Waals surface area contributed by atoms with Crippen LogP contribution in [0.15, 0.2) is 0 Å². The van der Waals surface area contributed by atoms with Crippen LogP contribution in [0.1, 0.15) is 38.5 Å². The third-order valence-corrected chi connectivity index (χ3v) is 6.11. The van der Waals surface area contributed by atoms with E-state index < -0.39 is 34.1 Å². The molecular weight excluding hydrogens is 333 g/mol. The minimum atomic E-state index is -4.29. The zero-order valence-electron chi connectivity index (χ0n) is 13.1. The van der Waals surface area contributed by atoms with Crippen LogP contribution in [-0.4, -0.2) is 50.2 Å². The summed E-state index contributed by atoms with van der Waals surface area (Å²) in [5.74, 6) is -2.26. The van der Waals surface area contributed by atoms with Crippen molar-refractivity contribution in [2.75, 3.05) is 19.3 Å². The molecule has 0 aromatic rings. The van der Waals surface area contributed by atoms with Crippen LogP contribution < -0.4 is 5.32 Å². The molecule has 1 saturated heterocycles. The Hall–Kier alpha value is -0.830. The van der Waals surface area contributed by atoms with Crippen molar-refractivity contribution in [1.82, 2.24) is 9.62 Å². The summed E-state index contributed by atoms with van der Waals surface area (Å²) in [6.45, 7) is 0.481. The smallest absolute Gasteiger partial charge is 0.353 e. The molecule has 1 N–H and O–H groups in total. The van der Waals surface area contributed by atoms with Crippen LogP contribution in [0.2, 0.25) is 0 Å². The monoisotopic (exact) mass is 356 g/mol. The Morgan fingerprint density at radius 2 is 1.65 bits per heavy atom. The number of piperidine rings is 1. The number of carbonyl (C=O) groups excluding carboxylic acids is 1. The minimum Gasteiger partial charge on any atom is -0.353 e. The van der Waals surface area contributed by atoms with Crippen LogP contribution >= 0.6 is 0 Å². The van der Waals surface area contributed by atoms with Crippen molar-refractivity contribution in [3.63, 3.8) is 0 Å². The first kappa shape index (κ1) is 18.5. The molecule has 0 spiro atoms. The first-order chi connectivity index (χ1) is 10.6. The SMILES string of the molecule is CS(=O)(=O)N1CCC(C(=O)N[C@H]2CCCC[C@@H]2C(F)(F)F)CC1. The fraction of sp³-hybridized carbons (Fsp3) is 0.929. The molecule has 2 rings (SSSR count). The van der Waals surface area contributed by atoms with E-state index in [-0.39, 0.29) is 25.4 Å². The molecule has 1 heterocycles. The summed E-state index contributed by atoms with van der Waals surface area (Å²) in [4.78, 5) is 12.2. The number of carbonyl (C=O) groups is 1. The lowest BCUT2D eigenvalue weighted by molar-refractivity contribution is -0.189. The van der Waals surface area contributed by atoms with Crippen LogP contribution in [0.3, 0.4) is 0 Å². The number of halogens is 3. The maximum atomic E-state index is 13.0. The molecule has 1 aliphatic heterocycles. The Bertz CT molecular complexity index is 528. The molecule has 23 heavy (non-hydrogen) atoms. The first-order valence-electron chi connectivity index (χ1n) is 7.91. The Morgan fingerprint density at radius 1 is 1.09 bits per heavy atom. The van der Waals surface area contributed by atoms with Gasteiger partial charge in [0.25, 0.3) is 0 Å². The maximum absolute atomic E-state index is 13.0. The van der Waals surface area contributed by atoms with Crippen molar-refractivity contribution < 1.29 is 26.4 Å². The van der Waals surface area contributed by atoms with Gasteiger partial charge >= 0.3 is 6.18 Å². The van der Waals surface area contributed by atoms with Crippen LogP contribution in [0.4, 0.5) is 13.2 Å². The van der Waals surface area contributed by atoms with Gasteiger partial charge < -0.3 is 5.32 Å². The fourth-order valence-corrected chi connectivity index (χ4v) is 4.32. The molecule has 0 bridgehead atoms. The zero-order valence-corrected chi connectivity index (χ0v) is 13.9. The Kier molecular flexibility index (Phi) is 5.60. The van der Waals surface area contributed by atoms with Crippen LogP contribution in [-0.2, 0) is 14.8 Å². The third-order valence-electron chi connectivity index (χ3n) is 4.81. The molecule has 2 fully saturated rings. The summed E-state index contributed by atoms with van der Waals surface area (Å²) in [6, 6.07) is -0.857. The second-order valence-electron chi connectivity index (χ2n) is 6.48. The summed E-state index contributed by atoms with van der Waals surface area (Å²) in [5, 5.41) is 2.57. The summed E-state index contributed by atoms with van der Waals surface area (Å²) < 4.78 is 63.3. The average molecular weight is 356 g/mol. The Labute approximate surface area is 134 Å². The lowest BCUT2D eigenvalue weighted by atomic mass is 9.83. The van der Waals surface area contributed by atoms with Gasteiger partial charge in [0.1, 0.15) is 0 Å². The Morgan fingerprint density at radius 3 is 2.17 bits per heavy atom. The lowest BCUT2D eigenvalue weighted by Crippen LogP contribution is -2.50. The molecule has 0 radical (unpaired) electrons. The van der Waals surface area contributed by atoms with E-state index in [1.54, 1.807) is 0 Å².